The molecule has 0 saturated carbocycles. The van der Waals surface area contributed by atoms with Gasteiger partial charge in [0.25, 0.3) is 6.43 Å². The number of carboxylic acids is 1. The van der Waals surface area contributed by atoms with Crippen LogP contribution in [0, 0.1) is 0 Å². The van der Waals surface area contributed by atoms with Crippen LogP contribution in [0.1, 0.15) is 34.5 Å². The van der Waals surface area contributed by atoms with Crippen LogP contribution in [0.15, 0.2) is 47.4 Å². The van der Waals surface area contributed by atoms with E-state index in [4.69, 9.17) is 4.74 Å². The average Bonchev–Trinajstić information content (AvgIpc) is 3.10. The normalized spacial score (nSPS) is 13.0. The molecule has 1 aliphatic rings. The molecule has 0 unspecified atom stereocenters. The maximum absolute atomic E-state index is 14.2. The van der Waals surface area contributed by atoms with Gasteiger partial charge in [0.2, 0.25) is 0 Å². The number of aromatic carboxylic acids is 1. The molecule has 2 aromatic heterocycles. The fraction of sp³-hybridized carbons (Fsp3) is 0.269. The van der Waals surface area contributed by atoms with E-state index < -0.39 is 12.4 Å². The summed E-state index contributed by atoms with van der Waals surface area (Å²) in [5.74, 6) is -0.917. The predicted molar refractivity (Wildman–Crippen MR) is 129 cm³/mol. The van der Waals surface area contributed by atoms with E-state index in [9.17, 15) is 23.5 Å². The Morgan fingerprint density at radius 1 is 1.14 bits per heavy atom. The second-order valence-electron chi connectivity index (χ2n) is 8.76. The number of carbonyl (C=O) groups is 1. The van der Waals surface area contributed by atoms with Gasteiger partial charge in [-0.1, -0.05) is 6.07 Å². The van der Waals surface area contributed by atoms with Gasteiger partial charge in [0.05, 0.1) is 24.3 Å². The molecule has 3 heterocycles. The Morgan fingerprint density at radius 2 is 1.89 bits per heavy atom. The number of ether oxygens (including phenoxy) is 1. The molecule has 0 atom stereocenters. The number of methoxy groups -OCH3 is 1. The quantitative estimate of drug-likeness (QED) is 0.367. The number of hydrogen-bond acceptors (Lipinski definition) is 6. The monoisotopic (exact) mass is 500 g/mol. The van der Waals surface area contributed by atoms with Crippen molar-refractivity contribution in [3.05, 3.63) is 69.9 Å². The summed E-state index contributed by atoms with van der Waals surface area (Å²) in [6, 6.07) is 9.61. The van der Waals surface area contributed by atoms with Gasteiger partial charge in [-0.2, -0.15) is 0 Å². The fourth-order valence-electron chi connectivity index (χ4n) is 4.93. The molecule has 37 heavy (non-hydrogen) atoms. The standard InChI is InChI=1S/C26H24F2N4O4.Li/c1-30-21-10-16(11-22(36-3)23(21)31(2)26(30)35)32-8-4-5-14-9-17(18(24(27)28)12-20(14)32)15-6-7-19(25(33)34)29-13-15;/h6-7,9-13,24H,4-5,8H2,1-3H3,(H,33,34);/q;+1/p-1. The summed E-state index contributed by atoms with van der Waals surface area (Å²) in [6.45, 7) is 0.604. The minimum absolute atomic E-state index is 0. The molecule has 4 aromatic rings. The molecule has 0 N–H and O–H groups in total. The molecule has 2 aromatic carbocycles. The van der Waals surface area contributed by atoms with Gasteiger partial charge in [-0.05, 0) is 48.2 Å². The molecule has 1 aliphatic heterocycles. The van der Waals surface area contributed by atoms with Crippen molar-refractivity contribution in [2.24, 2.45) is 14.1 Å². The number of halogens is 2. The van der Waals surface area contributed by atoms with Crippen molar-refractivity contribution in [1.29, 1.82) is 0 Å². The summed E-state index contributed by atoms with van der Waals surface area (Å²) in [4.78, 5) is 29.3. The molecule has 0 aliphatic carbocycles. The summed E-state index contributed by atoms with van der Waals surface area (Å²) in [5.41, 5.74) is 3.67. The van der Waals surface area contributed by atoms with Gasteiger partial charge >= 0.3 is 24.6 Å². The van der Waals surface area contributed by atoms with Crippen molar-refractivity contribution >= 4 is 28.4 Å². The van der Waals surface area contributed by atoms with Gasteiger partial charge in [-0.3, -0.25) is 14.1 Å². The van der Waals surface area contributed by atoms with Gasteiger partial charge in [0.15, 0.2) is 0 Å². The molecule has 11 heteroatoms. The Balaban J connectivity index is 0.00000320. The number of anilines is 2. The van der Waals surface area contributed by atoms with E-state index in [0.29, 0.717) is 46.6 Å². The predicted octanol–water partition coefficient (Wildman–Crippen LogP) is 0.337. The summed E-state index contributed by atoms with van der Waals surface area (Å²) in [5, 5.41) is 11.0. The zero-order valence-electron chi connectivity index (χ0n) is 20.9. The number of carbonyl (C=O) groups excluding carboxylic acids is 1. The number of aromatic nitrogens is 3. The third kappa shape index (κ3) is 4.41. The third-order valence-electron chi connectivity index (χ3n) is 6.73. The molecule has 0 spiro atoms. The third-order valence-corrected chi connectivity index (χ3v) is 6.73. The van der Waals surface area contributed by atoms with Crippen molar-refractivity contribution in [3.63, 3.8) is 0 Å². The second-order valence-corrected chi connectivity index (χ2v) is 8.76. The van der Waals surface area contributed by atoms with Crippen molar-refractivity contribution in [2.45, 2.75) is 19.3 Å². The zero-order chi connectivity index (χ0) is 25.7. The molecular formula is C26H23F2LiN4O4. The van der Waals surface area contributed by atoms with Gasteiger partial charge < -0.3 is 19.5 Å². The first-order chi connectivity index (χ1) is 17.2. The smallest absolute Gasteiger partial charge is 0.543 e. The van der Waals surface area contributed by atoms with Crippen molar-refractivity contribution in [1.82, 2.24) is 14.1 Å². The Bertz CT molecular complexity index is 1560. The minimum Gasteiger partial charge on any atom is -0.543 e. The summed E-state index contributed by atoms with van der Waals surface area (Å²) in [6.07, 6.45) is -0.0116. The van der Waals surface area contributed by atoms with Crippen LogP contribution in [0.2, 0.25) is 0 Å². The summed E-state index contributed by atoms with van der Waals surface area (Å²) >= 11 is 0. The Hall–Kier alpha value is -3.61. The number of alkyl halides is 2. The fourth-order valence-corrected chi connectivity index (χ4v) is 4.93. The Kier molecular flexibility index (Phi) is 7.17. The number of benzene rings is 2. The number of pyridine rings is 1. The molecule has 0 radical (unpaired) electrons. The van der Waals surface area contributed by atoms with Crippen LogP contribution in [0.5, 0.6) is 5.75 Å². The first-order valence-electron chi connectivity index (χ1n) is 11.3. The van der Waals surface area contributed by atoms with E-state index in [1.165, 1.54) is 40.6 Å². The molecule has 5 rings (SSSR count). The summed E-state index contributed by atoms with van der Waals surface area (Å²) < 4.78 is 37.1. The van der Waals surface area contributed by atoms with Crippen molar-refractivity contribution in [3.8, 4) is 16.9 Å². The van der Waals surface area contributed by atoms with Crippen molar-refractivity contribution < 1.29 is 42.3 Å². The molecule has 0 amide bonds. The topological polar surface area (TPSA) is 92.4 Å². The van der Waals surface area contributed by atoms with Crippen LogP contribution in [0.25, 0.3) is 22.2 Å². The first-order valence-corrected chi connectivity index (χ1v) is 11.3. The Morgan fingerprint density at radius 3 is 2.51 bits per heavy atom. The minimum atomic E-state index is -2.76. The number of carboxylic acid groups (broad SMARTS) is 1. The van der Waals surface area contributed by atoms with E-state index in [-0.39, 0.29) is 35.8 Å². The van der Waals surface area contributed by atoms with Crippen LogP contribution in [0.3, 0.4) is 0 Å². The van der Waals surface area contributed by atoms with Gasteiger partial charge in [-0.15, -0.1) is 0 Å². The average molecular weight is 500 g/mol. The van der Waals surface area contributed by atoms with Gasteiger partial charge in [0, 0.05) is 55.4 Å². The first kappa shape index (κ1) is 26.5. The van der Waals surface area contributed by atoms with Crippen LogP contribution in [-0.4, -0.2) is 33.7 Å². The van der Waals surface area contributed by atoms with E-state index in [1.807, 2.05) is 17.0 Å². The zero-order valence-corrected chi connectivity index (χ0v) is 20.9. The maximum Gasteiger partial charge on any atom is 1.00 e. The number of hydrogen-bond donors (Lipinski definition) is 0. The molecule has 0 bridgehead atoms. The molecule has 8 nitrogen and oxygen atoms in total. The number of nitrogens with zero attached hydrogens (tertiary/aromatic N) is 4. The molecular weight excluding hydrogens is 477 g/mol. The molecule has 0 fully saturated rings. The van der Waals surface area contributed by atoms with Gasteiger partial charge in [0.1, 0.15) is 11.3 Å². The number of aryl methyl sites for hydroxylation is 3. The van der Waals surface area contributed by atoms with E-state index >= 15 is 0 Å². The van der Waals surface area contributed by atoms with Crippen molar-refractivity contribution in [2.75, 3.05) is 18.6 Å². The molecule has 186 valence electrons. The molecule has 0 saturated heterocycles. The van der Waals surface area contributed by atoms with Crippen LogP contribution in [0.4, 0.5) is 20.2 Å². The van der Waals surface area contributed by atoms with E-state index in [1.54, 1.807) is 20.2 Å². The van der Waals surface area contributed by atoms with E-state index in [2.05, 4.69) is 4.98 Å². The number of imidazole rings is 1. The summed E-state index contributed by atoms with van der Waals surface area (Å²) in [7, 11) is 4.88. The SMILES string of the molecule is COc1cc(N2CCCc3cc(-c4ccc(C(=O)[O-])nc4)c(C(F)F)cc32)cc2c1n(C)c(=O)n2C.[Li+]. The second kappa shape index (κ2) is 10.0. The van der Waals surface area contributed by atoms with Gasteiger partial charge in [-0.25, -0.2) is 13.6 Å². The van der Waals surface area contributed by atoms with Crippen LogP contribution >= 0.6 is 0 Å². The van der Waals surface area contributed by atoms with Crippen LogP contribution < -0.4 is 39.3 Å². The van der Waals surface area contributed by atoms with Crippen LogP contribution in [-0.2, 0) is 20.5 Å². The largest absolute Gasteiger partial charge is 1.00 e. The maximum atomic E-state index is 14.2. The van der Waals surface area contributed by atoms with E-state index in [0.717, 1.165) is 17.7 Å². The number of fused-ring (bicyclic) bond motifs is 2. The Labute approximate surface area is 223 Å². The number of rotatable bonds is 5.